The molecule has 0 spiro atoms. The SMILES string of the molecule is CCCC1C(=O)OC(/C(C)=C/c2csc(C)n2)C[C@@H]2O[C@]2(C)CCC[C@H](C)[C@H](O)[C@@H](C)C(=O)C(C)(C)[C@H]1O. The van der Waals surface area contributed by atoms with Crippen molar-refractivity contribution in [1.29, 1.82) is 0 Å². The number of rotatable bonds is 4. The van der Waals surface area contributed by atoms with Crippen LogP contribution in [0.3, 0.4) is 0 Å². The molecule has 2 aliphatic rings. The third kappa shape index (κ3) is 6.93. The van der Waals surface area contributed by atoms with E-state index in [0.29, 0.717) is 19.3 Å². The van der Waals surface area contributed by atoms with Gasteiger partial charge in [-0.15, -0.1) is 11.3 Å². The molecule has 8 heteroatoms. The Balaban J connectivity index is 1.96. The van der Waals surface area contributed by atoms with Crippen LogP contribution >= 0.6 is 11.3 Å². The monoisotopic (exact) mass is 549 g/mol. The molecule has 1 aromatic rings. The van der Waals surface area contributed by atoms with Crippen molar-refractivity contribution in [2.75, 3.05) is 0 Å². The molecule has 2 aliphatic heterocycles. The van der Waals surface area contributed by atoms with Gasteiger partial charge in [0.05, 0.1) is 45.9 Å². The third-order valence-electron chi connectivity index (χ3n) is 8.74. The first-order valence-electron chi connectivity index (χ1n) is 14.1. The second-order valence-corrected chi connectivity index (χ2v) is 13.4. The minimum atomic E-state index is -1.24. The number of ether oxygens (including phenoxy) is 2. The first-order chi connectivity index (χ1) is 17.7. The molecule has 0 aromatic carbocycles. The van der Waals surface area contributed by atoms with Crippen molar-refractivity contribution in [3.63, 3.8) is 0 Å². The quantitative estimate of drug-likeness (QED) is 0.377. The van der Waals surface area contributed by atoms with Gasteiger partial charge in [0.15, 0.2) is 0 Å². The van der Waals surface area contributed by atoms with E-state index in [-0.39, 0.29) is 23.4 Å². The highest BCUT2D eigenvalue weighted by molar-refractivity contribution is 7.09. The maximum absolute atomic E-state index is 13.6. The predicted octanol–water partition coefficient (Wildman–Crippen LogP) is 5.50. The number of aliphatic hydroxyl groups is 2. The van der Waals surface area contributed by atoms with Crippen LogP contribution in [-0.2, 0) is 19.1 Å². The number of hydrogen-bond acceptors (Lipinski definition) is 8. The first-order valence-corrected chi connectivity index (χ1v) is 15.0. The molecule has 0 saturated carbocycles. The Morgan fingerprint density at radius 2 is 1.92 bits per heavy atom. The van der Waals surface area contributed by atoms with E-state index in [2.05, 4.69) is 11.9 Å². The molecule has 38 heavy (non-hydrogen) atoms. The number of fused-ring (bicyclic) bond motifs is 1. The van der Waals surface area contributed by atoms with Crippen LogP contribution in [0.2, 0.25) is 0 Å². The van der Waals surface area contributed by atoms with Crippen LogP contribution in [0.5, 0.6) is 0 Å². The Kier molecular flexibility index (Phi) is 9.99. The molecule has 7 nitrogen and oxygen atoms in total. The zero-order chi connectivity index (χ0) is 28.4. The average Bonchev–Trinajstić information content (AvgIpc) is 3.30. The van der Waals surface area contributed by atoms with Crippen LogP contribution in [0.1, 0.15) is 97.7 Å². The van der Waals surface area contributed by atoms with Crippen molar-refractivity contribution in [3.05, 3.63) is 21.7 Å². The highest BCUT2D eigenvalue weighted by atomic mass is 32.1. The van der Waals surface area contributed by atoms with Crippen LogP contribution in [0, 0.1) is 30.1 Å². The second kappa shape index (κ2) is 12.3. The molecule has 0 amide bonds. The molecule has 0 radical (unpaired) electrons. The van der Waals surface area contributed by atoms with Crippen molar-refractivity contribution in [2.45, 2.75) is 124 Å². The Bertz CT molecular complexity index is 1020. The van der Waals surface area contributed by atoms with E-state index >= 15 is 0 Å². The summed E-state index contributed by atoms with van der Waals surface area (Å²) in [7, 11) is 0. The number of ketones is 1. The van der Waals surface area contributed by atoms with E-state index in [9.17, 15) is 19.8 Å². The summed E-state index contributed by atoms with van der Waals surface area (Å²) in [5.41, 5.74) is 0.154. The van der Waals surface area contributed by atoms with E-state index in [1.165, 1.54) is 0 Å². The average molecular weight is 550 g/mol. The molecule has 214 valence electrons. The van der Waals surface area contributed by atoms with E-state index in [4.69, 9.17) is 9.47 Å². The zero-order valence-corrected chi connectivity index (χ0v) is 25.1. The molecule has 2 saturated heterocycles. The molecule has 3 heterocycles. The van der Waals surface area contributed by atoms with Gasteiger partial charge in [0.25, 0.3) is 0 Å². The van der Waals surface area contributed by atoms with Crippen LogP contribution < -0.4 is 0 Å². The van der Waals surface area contributed by atoms with Crippen LogP contribution in [0.25, 0.3) is 6.08 Å². The normalized spacial score (nSPS) is 37.4. The lowest BCUT2D eigenvalue weighted by Crippen LogP contribution is -2.49. The van der Waals surface area contributed by atoms with Crippen molar-refractivity contribution < 1.29 is 29.3 Å². The number of aryl methyl sites for hydroxylation is 1. The Morgan fingerprint density at radius 3 is 2.53 bits per heavy atom. The molecule has 2 unspecified atom stereocenters. The number of thiazole rings is 1. The predicted molar refractivity (Wildman–Crippen MR) is 150 cm³/mol. The summed E-state index contributed by atoms with van der Waals surface area (Å²) in [5, 5.41) is 25.4. The number of Topliss-reactive ketones (excluding diaryl/α,β-unsaturated/α-hetero) is 1. The fourth-order valence-electron chi connectivity index (χ4n) is 5.87. The number of aromatic nitrogens is 1. The smallest absolute Gasteiger partial charge is 0.312 e. The zero-order valence-electron chi connectivity index (χ0n) is 24.3. The summed E-state index contributed by atoms with van der Waals surface area (Å²) in [6, 6.07) is 0. The van der Waals surface area contributed by atoms with E-state index in [1.807, 2.05) is 39.2 Å². The maximum Gasteiger partial charge on any atom is 0.312 e. The molecular weight excluding hydrogens is 502 g/mol. The van der Waals surface area contributed by atoms with Gasteiger partial charge in [0, 0.05) is 17.7 Å². The summed E-state index contributed by atoms with van der Waals surface area (Å²) in [6.45, 7) is 15.0. The van der Waals surface area contributed by atoms with Gasteiger partial charge in [-0.25, -0.2) is 4.98 Å². The van der Waals surface area contributed by atoms with Crippen molar-refractivity contribution in [2.24, 2.45) is 23.2 Å². The van der Waals surface area contributed by atoms with Gasteiger partial charge < -0.3 is 19.7 Å². The fraction of sp³-hybridized carbons (Fsp3) is 0.767. The fourth-order valence-corrected chi connectivity index (χ4v) is 6.44. The summed E-state index contributed by atoms with van der Waals surface area (Å²) < 4.78 is 12.3. The lowest BCUT2D eigenvalue weighted by atomic mass is 9.70. The van der Waals surface area contributed by atoms with Gasteiger partial charge in [-0.3, -0.25) is 9.59 Å². The van der Waals surface area contributed by atoms with Crippen LogP contribution in [0.15, 0.2) is 11.0 Å². The topological polar surface area (TPSA) is 109 Å². The maximum atomic E-state index is 13.6. The number of esters is 1. The highest BCUT2D eigenvalue weighted by Crippen LogP contribution is 2.45. The summed E-state index contributed by atoms with van der Waals surface area (Å²) in [6.07, 6.45) is 3.30. The standard InChI is InChI=1S/C30H47NO6S/c1-9-11-22-27(34)29(6,7)26(33)19(4)25(32)17(2)12-10-13-30(8)24(37-30)15-23(36-28(22)35)18(3)14-21-16-38-20(5)31-21/h14,16-17,19,22-25,27,32,34H,9-13,15H2,1-8H3/b18-14+/t17-,19+,22?,23?,24-,25-,27-,30+/m0/s1. The summed E-state index contributed by atoms with van der Waals surface area (Å²) >= 11 is 1.57. The Hall–Kier alpha value is -1.61. The molecule has 2 N–H and O–H groups in total. The van der Waals surface area contributed by atoms with Crippen LogP contribution in [0.4, 0.5) is 0 Å². The highest BCUT2D eigenvalue weighted by Gasteiger charge is 2.53. The molecule has 8 atom stereocenters. The molecule has 1 aromatic heterocycles. The molecule has 0 bridgehead atoms. The molecule has 2 fully saturated rings. The molecule has 3 rings (SSSR count). The van der Waals surface area contributed by atoms with E-state index in [1.54, 1.807) is 32.1 Å². The van der Waals surface area contributed by atoms with Gasteiger partial charge in [-0.05, 0) is 57.6 Å². The molecule has 0 aliphatic carbocycles. The number of epoxide rings is 1. The molecular formula is C30H47NO6S. The van der Waals surface area contributed by atoms with Gasteiger partial charge in [0.2, 0.25) is 0 Å². The van der Waals surface area contributed by atoms with Crippen molar-refractivity contribution in [3.8, 4) is 0 Å². The minimum absolute atomic E-state index is 0.0551. The first kappa shape index (κ1) is 30.9. The third-order valence-corrected chi connectivity index (χ3v) is 9.53. The van der Waals surface area contributed by atoms with E-state index in [0.717, 1.165) is 35.5 Å². The number of carbonyl (C=O) groups excluding carboxylic acids is 2. The number of aliphatic hydroxyl groups excluding tert-OH is 2. The number of nitrogens with zero attached hydrogens (tertiary/aromatic N) is 1. The number of cyclic esters (lactones) is 1. The van der Waals surface area contributed by atoms with Crippen molar-refractivity contribution in [1.82, 2.24) is 4.98 Å². The lowest BCUT2D eigenvalue weighted by molar-refractivity contribution is -0.163. The Morgan fingerprint density at radius 1 is 1.24 bits per heavy atom. The van der Waals surface area contributed by atoms with Gasteiger partial charge >= 0.3 is 5.97 Å². The van der Waals surface area contributed by atoms with E-state index < -0.39 is 41.5 Å². The van der Waals surface area contributed by atoms with Gasteiger partial charge in [-0.2, -0.15) is 0 Å². The van der Waals surface area contributed by atoms with Gasteiger partial charge in [0.1, 0.15) is 11.9 Å². The summed E-state index contributed by atoms with van der Waals surface area (Å²) in [5.74, 6) is -2.36. The Labute approximate surface area is 232 Å². The second-order valence-electron chi connectivity index (χ2n) is 12.3. The van der Waals surface area contributed by atoms with Crippen molar-refractivity contribution >= 4 is 29.2 Å². The van der Waals surface area contributed by atoms with Crippen LogP contribution in [-0.4, -0.2) is 57.0 Å². The minimum Gasteiger partial charge on any atom is -0.457 e. The van der Waals surface area contributed by atoms with Gasteiger partial charge in [-0.1, -0.05) is 47.5 Å². The lowest BCUT2D eigenvalue weighted by Gasteiger charge is -2.37. The summed E-state index contributed by atoms with van der Waals surface area (Å²) in [4.78, 5) is 31.7. The largest absolute Gasteiger partial charge is 0.457 e. The number of carbonyl (C=O) groups is 2. The number of hydrogen-bond donors (Lipinski definition) is 2.